The summed E-state index contributed by atoms with van der Waals surface area (Å²) < 4.78 is 5.37. The second kappa shape index (κ2) is 7.14. The first kappa shape index (κ1) is 17.1. The van der Waals surface area contributed by atoms with Gasteiger partial charge in [-0.25, -0.2) is 0 Å². The van der Waals surface area contributed by atoms with Crippen LogP contribution >= 0.6 is 0 Å². The highest BCUT2D eigenvalue weighted by molar-refractivity contribution is 5.85. The monoisotopic (exact) mass is 349 g/mol. The van der Waals surface area contributed by atoms with Crippen molar-refractivity contribution in [1.29, 1.82) is 0 Å². The van der Waals surface area contributed by atoms with Gasteiger partial charge in [0.15, 0.2) is 0 Å². The number of methoxy groups -OCH3 is 1. The van der Waals surface area contributed by atoms with Crippen molar-refractivity contribution in [1.82, 2.24) is 14.8 Å². The number of benzene rings is 2. The molecule has 26 heavy (non-hydrogen) atoms. The molecule has 1 aliphatic heterocycles. The first-order chi connectivity index (χ1) is 12.7. The molecule has 4 heteroatoms. The van der Waals surface area contributed by atoms with Crippen molar-refractivity contribution in [3.8, 4) is 5.75 Å². The van der Waals surface area contributed by atoms with E-state index in [0.29, 0.717) is 0 Å². The summed E-state index contributed by atoms with van der Waals surface area (Å²) in [5, 5.41) is 1.32. The number of rotatable bonds is 4. The van der Waals surface area contributed by atoms with Crippen LogP contribution < -0.4 is 4.74 Å². The van der Waals surface area contributed by atoms with Crippen LogP contribution in [0, 0.1) is 6.92 Å². The summed E-state index contributed by atoms with van der Waals surface area (Å²) in [6, 6.07) is 17.5. The largest absolute Gasteiger partial charge is 0.497 e. The Labute approximate surface area is 155 Å². The predicted octanol–water partition coefficient (Wildman–Crippen LogP) is 3.82. The van der Waals surface area contributed by atoms with Gasteiger partial charge in [0.1, 0.15) is 5.75 Å². The molecule has 0 bridgehead atoms. The molecule has 4 nitrogen and oxygen atoms in total. The van der Waals surface area contributed by atoms with Crippen LogP contribution in [0.3, 0.4) is 0 Å². The number of hydrogen-bond acceptors (Lipinski definition) is 3. The van der Waals surface area contributed by atoms with Gasteiger partial charge in [-0.05, 0) is 37.7 Å². The van der Waals surface area contributed by atoms with Crippen LogP contribution in [0.4, 0.5) is 0 Å². The van der Waals surface area contributed by atoms with Gasteiger partial charge in [0.25, 0.3) is 0 Å². The molecule has 1 aliphatic rings. The number of likely N-dealkylation sites (N-methyl/N-ethyl adjacent to an activating group) is 1. The number of aryl methyl sites for hydroxylation is 1. The number of piperazine rings is 1. The van der Waals surface area contributed by atoms with Crippen molar-refractivity contribution < 1.29 is 4.74 Å². The highest BCUT2D eigenvalue weighted by Crippen LogP contribution is 2.37. The minimum atomic E-state index is 0.255. The van der Waals surface area contributed by atoms with Gasteiger partial charge in [-0.2, -0.15) is 0 Å². The lowest BCUT2D eigenvalue weighted by atomic mass is 9.94. The summed E-state index contributed by atoms with van der Waals surface area (Å²) in [4.78, 5) is 8.61. The molecule has 2 aromatic carbocycles. The maximum absolute atomic E-state index is 5.37. The minimum absolute atomic E-state index is 0.255. The van der Waals surface area contributed by atoms with Gasteiger partial charge < -0.3 is 14.6 Å². The number of ether oxygens (including phenoxy) is 1. The Balaban J connectivity index is 1.82. The summed E-state index contributed by atoms with van der Waals surface area (Å²) in [5.74, 6) is 0.904. The van der Waals surface area contributed by atoms with Gasteiger partial charge in [0.05, 0.1) is 13.2 Å². The van der Waals surface area contributed by atoms with E-state index < -0.39 is 0 Å². The van der Waals surface area contributed by atoms with Crippen molar-refractivity contribution in [2.75, 3.05) is 40.3 Å². The van der Waals surface area contributed by atoms with E-state index in [2.05, 4.69) is 77.3 Å². The van der Waals surface area contributed by atoms with Crippen molar-refractivity contribution in [3.05, 3.63) is 65.4 Å². The summed E-state index contributed by atoms with van der Waals surface area (Å²) >= 11 is 0. The van der Waals surface area contributed by atoms with E-state index in [0.717, 1.165) is 31.9 Å². The third kappa shape index (κ3) is 3.11. The Hall–Kier alpha value is -2.30. The van der Waals surface area contributed by atoms with E-state index in [-0.39, 0.29) is 6.04 Å². The highest BCUT2D eigenvalue weighted by Gasteiger charge is 2.28. The Morgan fingerprint density at radius 2 is 1.65 bits per heavy atom. The Bertz CT molecular complexity index is 876. The van der Waals surface area contributed by atoms with Crippen LogP contribution in [0.2, 0.25) is 0 Å². The van der Waals surface area contributed by atoms with Crippen molar-refractivity contribution in [3.63, 3.8) is 0 Å². The molecule has 1 aromatic heterocycles. The van der Waals surface area contributed by atoms with Crippen LogP contribution in [0.5, 0.6) is 5.75 Å². The number of nitrogens with one attached hydrogen (secondary N) is 1. The van der Waals surface area contributed by atoms with Gasteiger partial charge in [-0.1, -0.05) is 30.3 Å². The summed E-state index contributed by atoms with van der Waals surface area (Å²) in [6.07, 6.45) is 0. The van der Waals surface area contributed by atoms with Gasteiger partial charge in [0.2, 0.25) is 0 Å². The molecule has 0 aliphatic carbocycles. The van der Waals surface area contributed by atoms with E-state index in [9.17, 15) is 0 Å². The molecule has 0 saturated carbocycles. The molecule has 2 heterocycles. The van der Waals surface area contributed by atoms with Crippen LogP contribution in [-0.4, -0.2) is 55.1 Å². The number of nitrogens with zero attached hydrogens (tertiary/aromatic N) is 2. The van der Waals surface area contributed by atoms with E-state index in [4.69, 9.17) is 4.74 Å². The fraction of sp³-hybridized carbons (Fsp3) is 0.364. The Kier molecular flexibility index (Phi) is 4.70. The van der Waals surface area contributed by atoms with Gasteiger partial charge in [-0.3, -0.25) is 4.90 Å². The van der Waals surface area contributed by atoms with Gasteiger partial charge >= 0.3 is 0 Å². The minimum Gasteiger partial charge on any atom is -0.497 e. The van der Waals surface area contributed by atoms with Crippen LogP contribution in [0.15, 0.2) is 48.5 Å². The molecule has 1 N–H and O–H groups in total. The van der Waals surface area contributed by atoms with Crippen LogP contribution in [-0.2, 0) is 0 Å². The van der Waals surface area contributed by atoms with E-state index in [1.54, 1.807) is 7.11 Å². The molecule has 1 atom stereocenters. The highest BCUT2D eigenvalue weighted by atomic mass is 16.5. The van der Waals surface area contributed by atoms with Crippen molar-refractivity contribution in [2.45, 2.75) is 13.0 Å². The molecule has 0 amide bonds. The lowest BCUT2D eigenvalue weighted by molar-refractivity contribution is 0.127. The Morgan fingerprint density at radius 1 is 0.962 bits per heavy atom. The molecule has 0 spiro atoms. The molecule has 136 valence electrons. The summed E-state index contributed by atoms with van der Waals surface area (Å²) in [6.45, 7) is 6.56. The fourth-order valence-corrected chi connectivity index (χ4v) is 4.08. The SMILES string of the molecule is COc1ccc([C@H](c2c(C)[nH]c3ccccc23)N2CCN(C)CC2)cc1. The molecular weight excluding hydrogens is 322 g/mol. The molecule has 3 aromatic rings. The Morgan fingerprint density at radius 3 is 2.35 bits per heavy atom. The molecule has 0 unspecified atom stereocenters. The lowest BCUT2D eigenvalue weighted by Crippen LogP contribution is -2.46. The second-order valence-electron chi connectivity index (χ2n) is 7.22. The van der Waals surface area contributed by atoms with Crippen molar-refractivity contribution in [2.24, 2.45) is 0 Å². The maximum Gasteiger partial charge on any atom is 0.118 e. The van der Waals surface area contributed by atoms with Crippen LogP contribution in [0.1, 0.15) is 22.9 Å². The number of aromatic nitrogens is 1. The quantitative estimate of drug-likeness (QED) is 0.777. The third-order valence-corrected chi connectivity index (χ3v) is 5.55. The first-order valence-electron chi connectivity index (χ1n) is 9.31. The molecule has 1 fully saturated rings. The van der Waals surface area contributed by atoms with E-state index in [1.165, 1.54) is 27.7 Å². The van der Waals surface area contributed by atoms with Crippen molar-refractivity contribution >= 4 is 10.9 Å². The standard InChI is InChI=1S/C22H27N3O/c1-16-21(19-6-4-5-7-20(19)23-16)22(25-14-12-24(2)13-15-25)17-8-10-18(26-3)11-9-17/h4-11,22-23H,12-15H2,1-3H3/t22-/m1/s1. The maximum atomic E-state index is 5.37. The lowest BCUT2D eigenvalue weighted by Gasteiger charge is -2.38. The number of H-pyrrole nitrogens is 1. The second-order valence-corrected chi connectivity index (χ2v) is 7.22. The fourth-order valence-electron chi connectivity index (χ4n) is 4.08. The molecule has 1 saturated heterocycles. The zero-order chi connectivity index (χ0) is 18.1. The molecular formula is C22H27N3O. The zero-order valence-corrected chi connectivity index (χ0v) is 15.8. The third-order valence-electron chi connectivity index (χ3n) is 5.55. The summed E-state index contributed by atoms with van der Waals surface area (Å²) in [7, 11) is 3.92. The zero-order valence-electron chi connectivity index (χ0n) is 15.8. The number of aromatic amines is 1. The smallest absolute Gasteiger partial charge is 0.118 e. The first-order valence-corrected chi connectivity index (χ1v) is 9.31. The van der Waals surface area contributed by atoms with Crippen LogP contribution in [0.25, 0.3) is 10.9 Å². The summed E-state index contributed by atoms with van der Waals surface area (Å²) in [5.41, 5.74) is 5.19. The number of para-hydroxylation sites is 1. The topological polar surface area (TPSA) is 31.5 Å². The predicted molar refractivity (Wildman–Crippen MR) is 107 cm³/mol. The number of fused-ring (bicyclic) bond motifs is 1. The molecule has 4 rings (SSSR count). The van der Waals surface area contributed by atoms with E-state index >= 15 is 0 Å². The van der Waals surface area contributed by atoms with Gasteiger partial charge in [-0.15, -0.1) is 0 Å². The van der Waals surface area contributed by atoms with Gasteiger partial charge in [0, 0.05) is 48.3 Å². The normalized spacial score (nSPS) is 17.5. The molecule has 0 radical (unpaired) electrons. The average Bonchev–Trinajstić information content (AvgIpc) is 3.00. The van der Waals surface area contributed by atoms with E-state index in [1.807, 2.05) is 0 Å². The average molecular weight is 349 g/mol. The number of hydrogen-bond donors (Lipinski definition) is 1.